The van der Waals surface area contributed by atoms with Gasteiger partial charge in [-0.1, -0.05) is 142 Å². The van der Waals surface area contributed by atoms with Crippen LogP contribution in [0.4, 0.5) is 0 Å². The predicted molar refractivity (Wildman–Crippen MR) is 156 cm³/mol. The summed E-state index contributed by atoms with van der Waals surface area (Å²) >= 11 is 0. The van der Waals surface area contributed by atoms with Crippen LogP contribution < -0.4 is 26.8 Å². The molecule has 4 aromatic carbocycles. The Morgan fingerprint density at radius 2 is 0.629 bits per heavy atom. The summed E-state index contributed by atoms with van der Waals surface area (Å²) in [6.45, 7) is 10.9. The van der Waals surface area contributed by atoms with E-state index >= 15 is 0 Å². The second-order valence-electron chi connectivity index (χ2n) is 9.51. The van der Waals surface area contributed by atoms with Crippen molar-refractivity contribution < 1.29 is 4.90 Å². The lowest BCUT2D eigenvalue weighted by atomic mass is 9.13. The summed E-state index contributed by atoms with van der Waals surface area (Å²) < 4.78 is 0. The molecular weight excluding hydrogens is 421 g/mol. The highest BCUT2D eigenvalue weighted by atomic mass is 15.1. The first kappa shape index (κ1) is 26.5. The van der Waals surface area contributed by atoms with Gasteiger partial charge in [0.2, 0.25) is 0 Å². The Morgan fingerprint density at radius 1 is 0.400 bits per heavy atom. The number of nitrogens with one attached hydrogen (secondary N) is 1. The minimum Gasteiger partial charge on any atom is -0.335 e. The molecule has 0 saturated heterocycles. The molecule has 0 heterocycles. The number of rotatable bonds is 10. The standard InChI is InChI=1S/C24H20B.C9H21N/c1-5-13-21(14-6-1)25(22-15-7-2-8-16-22,23-17-9-3-10-18-23)24-19-11-4-12-20-24;1-4-7-10(8-5-2)9-6-3/h1-20H;4-9H2,1-3H3/q-1;/p+1. The van der Waals surface area contributed by atoms with E-state index in [1.54, 1.807) is 4.90 Å². The van der Waals surface area contributed by atoms with E-state index in [1.807, 2.05) is 0 Å². The van der Waals surface area contributed by atoms with Gasteiger partial charge < -0.3 is 4.90 Å². The minimum atomic E-state index is -1.22. The van der Waals surface area contributed by atoms with E-state index in [0.717, 1.165) is 0 Å². The topological polar surface area (TPSA) is 4.44 Å². The Balaban J connectivity index is 0.000000292. The van der Waals surface area contributed by atoms with Gasteiger partial charge >= 0.3 is 0 Å². The average Bonchev–Trinajstić information content (AvgIpc) is 2.93. The first-order chi connectivity index (χ1) is 17.3. The fourth-order valence-corrected chi connectivity index (χ4v) is 5.56. The summed E-state index contributed by atoms with van der Waals surface area (Å²) in [7, 11) is 0. The fourth-order valence-electron chi connectivity index (χ4n) is 5.56. The van der Waals surface area contributed by atoms with Crippen molar-refractivity contribution >= 4 is 28.0 Å². The van der Waals surface area contributed by atoms with E-state index in [4.69, 9.17) is 0 Å². The van der Waals surface area contributed by atoms with Crippen molar-refractivity contribution in [1.82, 2.24) is 0 Å². The van der Waals surface area contributed by atoms with Crippen molar-refractivity contribution in [2.75, 3.05) is 19.6 Å². The number of quaternary nitrogens is 1. The molecular formula is C33H42BN. The number of hydrogen-bond donors (Lipinski definition) is 1. The van der Waals surface area contributed by atoms with Crippen LogP contribution in [0, 0.1) is 0 Å². The van der Waals surface area contributed by atoms with Gasteiger partial charge in [-0.05, 0) is 19.3 Å². The van der Waals surface area contributed by atoms with Crippen LogP contribution >= 0.6 is 0 Å². The van der Waals surface area contributed by atoms with Crippen molar-refractivity contribution in [3.8, 4) is 0 Å². The molecule has 0 unspecified atom stereocenters. The van der Waals surface area contributed by atoms with Gasteiger partial charge in [0, 0.05) is 0 Å². The van der Waals surface area contributed by atoms with Crippen LogP contribution in [-0.2, 0) is 0 Å². The van der Waals surface area contributed by atoms with Gasteiger partial charge in [0.15, 0.2) is 0 Å². The van der Waals surface area contributed by atoms with Gasteiger partial charge in [0.1, 0.15) is 6.15 Å². The summed E-state index contributed by atoms with van der Waals surface area (Å²) in [6.07, 6.45) is 2.77. The maximum absolute atomic E-state index is 2.27. The maximum atomic E-state index is 2.27. The van der Waals surface area contributed by atoms with E-state index in [2.05, 4.69) is 142 Å². The largest absolute Gasteiger partial charge is 0.335 e. The van der Waals surface area contributed by atoms with Crippen LogP contribution in [0.15, 0.2) is 121 Å². The van der Waals surface area contributed by atoms with E-state index in [-0.39, 0.29) is 0 Å². The molecule has 4 aromatic rings. The summed E-state index contributed by atoms with van der Waals surface area (Å²) in [4.78, 5) is 1.78. The minimum absolute atomic E-state index is 1.22. The molecule has 0 amide bonds. The van der Waals surface area contributed by atoms with Gasteiger partial charge in [-0.25, -0.2) is 0 Å². The average molecular weight is 464 g/mol. The van der Waals surface area contributed by atoms with Crippen molar-refractivity contribution in [3.05, 3.63) is 121 Å². The summed E-state index contributed by atoms with van der Waals surface area (Å²) in [5.74, 6) is 0. The van der Waals surface area contributed by atoms with Crippen molar-refractivity contribution in [2.24, 2.45) is 0 Å². The van der Waals surface area contributed by atoms with Gasteiger partial charge in [0.25, 0.3) is 0 Å². The third-order valence-corrected chi connectivity index (χ3v) is 7.01. The summed E-state index contributed by atoms with van der Waals surface area (Å²) in [6, 6.07) is 43.5. The lowest BCUT2D eigenvalue weighted by molar-refractivity contribution is -0.900. The Kier molecular flexibility index (Phi) is 10.9. The lowest BCUT2D eigenvalue weighted by Crippen LogP contribution is -3.11. The summed E-state index contributed by atoms with van der Waals surface area (Å²) in [5.41, 5.74) is 5.36. The molecule has 0 fully saturated rings. The molecule has 0 atom stereocenters. The van der Waals surface area contributed by atoms with Crippen LogP contribution in [0.3, 0.4) is 0 Å². The third kappa shape index (κ3) is 6.74. The Morgan fingerprint density at radius 3 is 0.829 bits per heavy atom. The second-order valence-corrected chi connectivity index (χ2v) is 9.51. The van der Waals surface area contributed by atoms with E-state index in [9.17, 15) is 0 Å². The fraction of sp³-hybridized carbons (Fsp3) is 0.273. The highest BCUT2D eigenvalue weighted by molar-refractivity contribution is 7.19. The first-order valence-electron chi connectivity index (χ1n) is 13.5. The monoisotopic (exact) mass is 463 g/mol. The zero-order valence-corrected chi connectivity index (χ0v) is 21.9. The normalized spacial score (nSPS) is 11.1. The van der Waals surface area contributed by atoms with Gasteiger partial charge in [-0.3, -0.25) is 0 Å². The summed E-state index contributed by atoms with van der Waals surface area (Å²) in [5, 5.41) is 0. The third-order valence-electron chi connectivity index (χ3n) is 7.01. The van der Waals surface area contributed by atoms with Crippen LogP contribution in [0.1, 0.15) is 40.0 Å². The maximum Gasteiger partial charge on any atom is 0.108 e. The van der Waals surface area contributed by atoms with Crippen molar-refractivity contribution in [3.63, 3.8) is 0 Å². The Bertz CT molecular complexity index is 887. The smallest absolute Gasteiger partial charge is 0.108 e. The molecule has 0 aliphatic heterocycles. The lowest BCUT2D eigenvalue weighted by Gasteiger charge is -2.44. The molecule has 0 aliphatic rings. The second kappa shape index (κ2) is 14.3. The molecule has 0 radical (unpaired) electrons. The molecule has 2 heteroatoms. The molecule has 182 valence electrons. The molecule has 0 spiro atoms. The van der Waals surface area contributed by atoms with E-state index in [1.165, 1.54) is 60.7 Å². The van der Waals surface area contributed by atoms with Gasteiger partial charge in [-0.2, -0.15) is 21.9 Å². The van der Waals surface area contributed by atoms with Gasteiger partial charge in [-0.15, -0.1) is 0 Å². The van der Waals surface area contributed by atoms with Crippen LogP contribution in [0.2, 0.25) is 0 Å². The van der Waals surface area contributed by atoms with Crippen LogP contribution in [0.5, 0.6) is 0 Å². The quantitative estimate of drug-likeness (QED) is 0.337. The molecule has 1 nitrogen and oxygen atoms in total. The molecule has 0 saturated carbocycles. The predicted octanol–water partition coefficient (Wildman–Crippen LogP) is 4.17. The van der Waals surface area contributed by atoms with E-state index < -0.39 is 6.15 Å². The van der Waals surface area contributed by atoms with Gasteiger partial charge in [0.05, 0.1) is 19.6 Å². The van der Waals surface area contributed by atoms with Crippen molar-refractivity contribution in [1.29, 1.82) is 0 Å². The molecule has 1 N–H and O–H groups in total. The van der Waals surface area contributed by atoms with Crippen molar-refractivity contribution in [2.45, 2.75) is 40.0 Å². The highest BCUT2D eigenvalue weighted by Gasteiger charge is 2.30. The SMILES string of the molecule is CCC[NH+](CCC)CCC.c1ccc([B-](c2ccccc2)(c2ccccc2)c2ccccc2)cc1. The number of hydrogen-bond acceptors (Lipinski definition) is 0. The Hall–Kier alpha value is -3.10. The first-order valence-corrected chi connectivity index (χ1v) is 13.5. The van der Waals surface area contributed by atoms with Crippen LogP contribution in [0.25, 0.3) is 0 Å². The van der Waals surface area contributed by atoms with E-state index in [0.29, 0.717) is 0 Å². The number of benzene rings is 4. The zero-order chi connectivity index (χ0) is 24.8. The molecule has 0 aliphatic carbocycles. The Labute approximate surface area is 213 Å². The molecule has 35 heavy (non-hydrogen) atoms. The molecule has 0 bridgehead atoms. The van der Waals surface area contributed by atoms with Crippen LogP contribution in [-0.4, -0.2) is 25.8 Å². The zero-order valence-electron chi connectivity index (χ0n) is 21.9. The molecule has 4 rings (SSSR count). The highest BCUT2D eigenvalue weighted by Crippen LogP contribution is 2.09. The molecule has 0 aromatic heterocycles.